The van der Waals surface area contributed by atoms with Crippen molar-refractivity contribution in [2.75, 3.05) is 0 Å². The van der Waals surface area contributed by atoms with E-state index in [1.165, 1.54) is 31.3 Å². The van der Waals surface area contributed by atoms with E-state index in [0.29, 0.717) is 0 Å². The second-order valence-electron chi connectivity index (χ2n) is 3.65. The molecule has 0 heteroatoms. The van der Waals surface area contributed by atoms with Crippen LogP contribution in [0.1, 0.15) is 46.0 Å². The van der Waals surface area contributed by atoms with E-state index < -0.39 is 0 Å². The van der Waals surface area contributed by atoms with Gasteiger partial charge in [0, 0.05) is 0 Å². The van der Waals surface area contributed by atoms with E-state index in [1.807, 2.05) is 0 Å². The molecule has 1 rings (SSSR count). The summed E-state index contributed by atoms with van der Waals surface area (Å²) in [7, 11) is 0. The Morgan fingerprint density at radius 2 is 2.00 bits per heavy atom. The van der Waals surface area contributed by atoms with E-state index in [0.717, 1.165) is 6.42 Å². The van der Waals surface area contributed by atoms with Crippen molar-refractivity contribution in [3.05, 3.63) is 35.5 Å². The molecule has 0 fully saturated rings. The molecule has 13 heavy (non-hydrogen) atoms. The molecule has 72 valence electrons. The van der Waals surface area contributed by atoms with Crippen LogP contribution in [0.15, 0.2) is 35.5 Å². The Kier molecular flexibility index (Phi) is 4.59. The Hall–Kier alpha value is -0.780. The lowest BCUT2D eigenvalue weighted by molar-refractivity contribution is 0.902. The first-order valence-corrected chi connectivity index (χ1v) is 5.35. The van der Waals surface area contributed by atoms with Gasteiger partial charge in [0.25, 0.3) is 0 Å². The van der Waals surface area contributed by atoms with E-state index in [4.69, 9.17) is 0 Å². The maximum absolute atomic E-state index is 2.37. The van der Waals surface area contributed by atoms with Crippen LogP contribution in [0.2, 0.25) is 0 Å². The van der Waals surface area contributed by atoms with Crippen LogP contribution in [0.3, 0.4) is 0 Å². The van der Waals surface area contributed by atoms with Gasteiger partial charge in [0.1, 0.15) is 0 Å². The van der Waals surface area contributed by atoms with Crippen molar-refractivity contribution in [2.45, 2.75) is 46.0 Å². The van der Waals surface area contributed by atoms with Gasteiger partial charge in [0.05, 0.1) is 0 Å². The lowest BCUT2D eigenvalue weighted by Crippen LogP contribution is -1.85. The molecule has 0 aromatic rings. The second kappa shape index (κ2) is 5.80. The summed E-state index contributed by atoms with van der Waals surface area (Å²) in [6.45, 7) is 4.49. The number of rotatable bonds is 2. The standard InChI is InChI=1S/C13H20/c1-3-9-13-11-8-6-4-5-7-10-12(13)2/h4,6,10-11H,3,5,7-9H2,1-2H3/b6-4+,12-10?,13-11?. The molecule has 0 atom stereocenters. The first-order valence-electron chi connectivity index (χ1n) is 5.35. The van der Waals surface area contributed by atoms with Crippen LogP contribution in [0.25, 0.3) is 0 Å². The maximum atomic E-state index is 2.37. The molecule has 1 aliphatic rings. The predicted molar refractivity (Wildman–Crippen MR) is 59.7 cm³/mol. The fourth-order valence-corrected chi connectivity index (χ4v) is 1.68. The van der Waals surface area contributed by atoms with Gasteiger partial charge >= 0.3 is 0 Å². The lowest BCUT2D eigenvalue weighted by Gasteiger charge is -2.05. The summed E-state index contributed by atoms with van der Waals surface area (Å²) in [6, 6.07) is 0. The minimum absolute atomic E-state index is 1.11. The zero-order valence-corrected chi connectivity index (χ0v) is 8.84. The van der Waals surface area contributed by atoms with Gasteiger partial charge in [-0.2, -0.15) is 0 Å². The van der Waals surface area contributed by atoms with Crippen molar-refractivity contribution in [1.29, 1.82) is 0 Å². The van der Waals surface area contributed by atoms with E-state index in [9.17, 15) is 0 Å². The van der Waals surface area contributed by atoms with Crippen molar-refractivity contribution in [1.82, 2.24) is 0 Å². The van der Waals surface area contributed by atoms with Crippen LogP contribution in [-0.4, -0.2) is 0 Å². The molecule has 0 unspecified atom stereocenters. The molecule has 0 heterocycles. The van der Waals surface area contributed by atoms with Gasteiger partial charge in [0.15, 0.2) is 0 Å². The third-order valence-corrected chi connectivity index (χ3v) is 2.48. The molecule has 0 saturated carbocycles. The van der Waals surface area contributed by atoms with Gasteiger partial charge in [-0.3, -0.25) is 0 Å². The third kappa shape index (κ3) is 3.63. The Balaban J connectivity index is 2.71. The fraction of sp³-hybridized carbons (Fsp3) is 0.538. The molecule has 0 aliphatic heterocycles. The van der Waals surface area contributed by atoms with Gasteiger partial charge in [-0.05, 0) is 38.2 Å². The maximum Gasteiger partial charge on any atom is -0.0163 e. The molecule has 0 N–H and O–H groups in total. The van der Waals surface area contributed by atoms with Crippen LogP contribution in [0, 0.1) is 0 Å². The summed E-state index contributed by atoms with van der Waals surface area (Å²) in [5, 5.41) is 0. The Bertz CT molecular complexity index is 228. The average Bonchev–Trinajstić information content (AvgIpc) is 2.21. The predicted octanol–water partition coefficient (Wildman–Crippen LogP) is 4.40. The van der Waals surface area contributed by atoms with Crippen molar-refractivity contribution in [2.24, 2.45) is 0 Å². The van der Waals surface area contributed by atoms with E-state index >= 15 is 0 Å². The highest BCUT2D eigenvalue weighted by molar-refractivity contribution is 5.30. The highest BCUT2D eigenvalue weighted by atomic mass is 14.0. The van der Waals surface area contributed by atoms with Crippen LogP contribution < -0.4 is 0 Å². The molecular weight excluding hydrogens is 156 g/mol. The summed E-state index contributed by atoms with van der Waals surface area (Å²) in [5.41, 5.74) is 3.04. The third-order valence-electron chi connectivity index (χ3n) is 2.48. The molecule has 0 radical (unpaired) electrons. The van der Waals surface area contributed by atoms with Gasteiger partial charge in [-0.25, -0.2) is 0 Å². The van der Waals surface area contributed by atoms with Crippen molar-refractivity contribution < 1.29 is 0 Å². The highest BCUT2D eigenvalue weighted by Gasteiger charge is 1.98. The molecule has 0 aromatic heterocycles. The first-order chi connectivity index (χ1) is 6.34. The number of allylic oxidation sites excluding steroid dienone is 6. The van der Waals surface area contributed by atoms with Gasteiger partial charge in [-0.1, -0.05) is 43.2 Å². The van der Waals surface area contributed by atoms with Crippen LogP contribution in [-0.2, 0) is 0 Å². The Morgan fingerprint density at radius 1 is 1.15 bits per heavy atom. The highest BCUT2D eigenvalue weighted by Crippen LogP contribution is 2.18. The quantitative estimate of drug-likeness (QED) is 0.547. The minimum Gasteiger partial charge on any atom is -0.0879 e. The summed E-state index contributed by atoms with van der Waals surface area (Å²) >= 11 is 0. The smallest absolute Gasteiger partial charge is 0.0163 e. The second-order valence-corrected chi connectivity index (χ2v) is 3.65. The normalized spacial score (nSPS) is 20.8. The van der Waals surface area contributed by atoms with Crippen molar-refractivity contribution >= 4 is 0 Å². The van der Waals surface area contributed by atoms with Gasteiger partial charge in [0.2, 0.25) is 0 Å². The van der Waals surface area contributed by atoms with Crippen molar-refractivity contribution in [3.63, 3.8) is 0 Å². The average molecular weight is 176 g/mol. The lowest BCUT2D eigenvalue weighted by atomic mass is 10.0. The molecule has 0 spiro atoms. The van der Waals surface area contributed by atoms with Crippen LogP contribution >= 0.6 is 0 Å². The van der Waals surface area contributed by atoms with Gasteiger partial charge in [-0.15, -0.1) is 0 Å². The zero-order valence-electron chi connectivity index (χ0n) is 8.84. The fourth-order valence-electron chi connectivity index (χ4n) is 1.68. The van der Waals surface area contributed by atoms with Gasteiger partial charge < -0.3 is 0 Å². The molecule has 0 bridgehead atoms. The molecule has 0 aromatic carbocycles. The minimum atomic E-state index is 1.11. The van der Waals surface area contributed by atoms with E-state index in [-0.39, 0.29) is 0 Å². The summed E-state index contributed by atoms with van der Waals surface area (Å²) in [4.78, 5) is 0. The summed E-state index contributed by atoms with van der Waals surface area (Å²) in [5.74, 6) is 0. The number of hydrogen-bond donors (Lipinski definition) is 0. The number of hydrogen-bond acceptors (Lipinski definition) is 0. The topological polar surface area (TPSA) is 0 Å². The summed E-state index contributed by atoms with van der Waals surface area (Å²) in [6.07, 6.45) is 15.3. The SMILES string of the molecule is CCCC1=CC/C=C/CCC=C1C. The van der Waals surface area contributed by atoms with E-state index in [1.54, 1.807) is 5.57 Å². The Morgan fingerprint density at radius 3 is 2.77 bits per heavy atom. The van der Waals surface area contributed by atoms with Crippen LogP contribution in [0.4, 0.5) is 0 Å². The molecule has 0 nitrogen and oxygen atoms in total. The molecular formula is C13H20. The monoisotopic (exact) mass is 176 g/mol. The largest absolute Gasteiger partial charge is 0.0879 e. The zero-order chi connectivity index (χ0) is 9.52. The molecule has 0 amide bonds. The first kappa shape index (κ1) is 10.3. The Labute approximate surface area is 82.0 Å². The summed E-state index contributed by atoms with van der Waals surface area (Å²) < 4.78 is 0. The van der Waals surface area contributed by atoms with Crippen molar-refractivity contribution in [3.8, 4) is 0 Å². The molecule has 1 aliphatic carbocycles. The van der Waals surface area contributed by atoms with E-state index in [2.05, 4.69) is 38.2 Å². The molecule has 0 saturated heterocycles. The van der Waals surface area contributed by atoms with Crippen LogP contribution in [0.5, 0.6) is 0 Å².